The second kappa shape index (κ2) is 10.5. The highest BCUT2D eigenvalue weighted by Crippen LogP contribution is 2.21. The maximum Gasteiger partial charge on any atom is 0.322 e. The number of ether oxygens (including phenoxy) is 1. The molecule has 0 amide bonds. The zero-order valence-electron chi connectivity index (χ0n) is 19.4. The molecule has 1 saturated heterocycles. The molecule has 14 heteroatoms. The second-order valence-electron chi connectivity index (χ2n) is 8.29. The van der Waals surface area contributed by atoms with E-state index in [2.05, 4.69) is 9.88 Å². The van der Waals surface area contributed by atoms with Gasteiger partial charge in [-0.1, -0.05) is 17.3 Å². The number of carboxylic acid groups (broad SMARTS) is 1. The van der Waals surface area contributed by atoms with E-state index in [4.69, 9.17) is 9.26 Å². The van der Waals surface area contributed by atoms with Crippen LogP contribution in [0.4, 0.5) is 0 Å². The zero-order valence-corrected chi connectivity index (χ0v) is 21.0. The predicted molar refractivity (Wildman–Crippen MR) is 129 cm³/mol. The van der Waals surface area contributed by atoms with Crippen LogP contribution in [0.2, 0.25) is 0 Å². The Balaban J connectivity index is 1.35. The smallest absolute Gasteiger partial charge is 0.322 e. The molecular formula is C22H26N4O8S2. The van der Waals surface area contributed by atoms with Crippen LogP contribution in [0.25, 0.3) is 11.0 Å². The number of aliphatic carboxylic acids is 1. The van der Waals surface area contributed by atoms with E-state index >= 15 is 0 Å². The van der Waals surface area contributed by atoms with Crippen molar-refractivity contribution in [2.45, 2.75) is 17.5 Å². The van der Waals surface area contributed by atoms with Crippen molar-refractivity contribution in [3.8, 4) is 5.75 Å². The maximum atomic E-state index is 12.8. The fourth-order valence-corrected chi connectivity index (χ4v) is 5.77. The van der Waals surface area contributed by atoms with Crippen molar-refractivity contribution >= 4 is 37.0 Å². The standard InChI is InChI=1S/C22H26N4O8S2/c1-35(29,30)26-12-10-25(11-13-26)20(22(27)28)14-23-36(31,32)17-8-6-16(7-9-17)33-15-19-18-4-2-3-5-21(18)34-24-19/h2-9,20,23H,10-15H2,1H3,(H,27,28). The summed E-state index contributed by atoms with van der Waals surface area (Å²) in [5.74, 6) is -0.775. The van der Waals surface area contributed by atoms with Gasteiger partial charge in [0.2, 0.25) is 20.0 Å². The summed E-state index contributed by atoms with van der Waals surface area (Å²) in [6.45, 7) is 0.404. The van der Waals surface area contributed by atoms with Gasteiger partial charge in [0, 0.05) is 38.1 Å². The molecule has 4 rings (SSSR count). The number of nitrogens with zero attached hydrogens (tertiary/aromatic N) is 3. The van der Waals surface area contributed by atoms with Crippen LogP contribution in [0.5, 0.6) is 5.75 Å². The Hall–Kier alpha value is -3.04. The normalized spacial score (nSPS) is 16.7. The molecule has 0 spiro atoms. The van der Waals surface area contributed by atoms with Gasteiger partial charge in [0.1, 0.15) is 24.1 Å². The van der Waals surface area contributed by atoms with Gasteiger partial charge < -0.3 is 14.4 Å². The number of hydrogen-bond acceptors (Lipinski definition) is 9. The molecule has 3 aromatic rings. The van der Waals surface area contributed by atoms with Gasteiger partial charge in [-0.25, -0.2) is 21.6 Å². The third-order valence-corrected chi connectivity index (χ3v) is 8.64. The molecule has 1 atom stereocenters. The summed E-state index contributed by atoms with van der Waals surface area (Å²) in [4.78, 5) is 13.3. The molecule has 2 aromatic carbocycles. The minimum absolute atomic E-state index is 0.0484. The molecule has 1 aliphatic rings. The van der Waals surface area contributed by atoms with Gasteiger partial charge in [-0.3, -0.25) is 9.69 Å². The molecule has 0 aliphatic carbocycles. The van der Waals surface area contributed by atoms with E-state index in [1.807, 2.05) is 18.2 Å². The molecule has 0 saturated carbocycles. The van der Waals surface area contributed by atoms with Crippen LogP contribution in [0.1, 0.15) is 5.69 Å². The fraction of sp³-hybridized carbons (Fsp3) is 0.364. The molecule has 1 aromatic heterocycles. The molecule has 2 N–H and O–H groups in total. The summed E-state index contributed by atoms with van der Waals surface area (Å²) in [6.07, 6.45) is 1.10. The summed E-state index contributed by atoms with van der Waals surface area (Å²) in [5.41, 5.74) is 1.25. The summed E-state index contributed by atoms with van der Waals surface area (Å²) in [7, 11) is -7.36. The van der Waals surface area contributed by atoms with E-state index in [1.165, 1.54) is 28.6 Å². The molecule has 0 bridgehead atoms. The number of carbonyl (C=O) groups is 1. The number of hydrogen-bond donors (Lipinski definition) is 2. The van der Waals surface area contributed by atoms with Crippen molar-refractivity contribution < 1.29 is 36.0 Å². The summed E-state index contributed by atoms with van der Waals surface area (Å²) < 4.78 is 63.4. The van der Waals surface area contributed by atoms with Gasteiger partial charge in [0.15, 0.2) is 5.58 Å². The van der Waals surface area contributed by atoms with Crippen LogP contribution in [-0.2, 0) is 31.4 Å². The van der Waals surface area contributed by atoms with Crippen molar-refractivity contribution in [2.75, 3.05) is 39.0 Å². The Kier molecular flexibility index (Phi) is 7.61. The van der Waals surface area contributed by atoms with Crippen LogP contribution >= 0.6 is 0 Å². The van der Waals surface area contributed by atoms with Crippen molar-refractivity contribution in [3.63, 3.8) is 0 Å². The molecule has 12 nitrogen and oxygen atoms in total. The van der Waals surface area contributed by atoms with Crippen molar-refractivity contribution in [2.24, 2.45) is 0 Å². The predicted octanol–water partition coefficient (Wildman–Crippen LogP) is 0.716. The van der Waals surface area contributed by atoms with E-state index in [-0.39, 0.29) is 44.2 Å². The summed E-state index contributed by atoms with van der Waals surface area (Å²) >= 11 is 0. The number of piperazine rings is 1. The summed E-state index contributed by atoms with van der Waals surface area (Å²) in [6, 6.07) is 11.9. The van der Waals surface area contributed by atoms with E-state index in [1.54, 1.807) is 11.0 Å². The lowest BCUT2D eigenvalue weighted by Crippen LogP contribution is -2.56. The molecule has 2 heterocycles. The Morgan fingerprint density at radius 3 is 2.39 bits per heavy atom. The van der Waals surface area contributed by atoms with Gasteiger partial charge in [-0.2, -0.15) is 4.31 Å². The molecule has 36 heavy (non-hydrogen) atoms. The third-order valence-electron chi connectivity index (χ3n) is 5.90. The quantitative estimate of drug-likeness (QED) is 0.376. The molecular weight excluding hydrogens is 512 g/mol. The van der Waals surface area contributed by atoms with E-state index in [9.17, 15) is 26.7 Å². The highest BCUT2D eigenvalue weighted by Gasteiger charge is 2.32. The number of nitrogens with one attached hydrogen (secondary N) is 1. The number of para-hydroxylation sites is 1. The van der Waals surface area contributed by atoms with Crippen LogP contribution in [0, 0.1) is 0 Å². The van der Waals surface area contributed by atoms with Crippen molar-refractivity contribution in [1.29, 1.82) is 0 Å². The Morgan fingerprint density at radius 2 is 1.75 bits per heavy atom. The first-order valence-electron chi connectivity index (χ1n) is 11.0. The average Bonchev–Trinajstić information content (AvgIpc) is 3.26. The number of benzene rings is 2. The zero-order chi connectivity index (χ0) is 25.9. The number of rotatable bonds is 10. The van der Waals surface area contributed by atoms with Gasteiger partial charge in [0.05, 0.1) is 11.2 Å². The van der Waals surface area contributed by atoms with E-state index < -0.39 is 32.1 Å². The highest BCUT2D eigenvalue weighted by molar-refractivity contribution is 7.89. The van der Waals surface area contributed by atoms with Gasteiger partial charge in [-0.15, -0.1) is 0 Å². The maximum absolute atomic E-state index is 12.8. The summed E-state index contributed by atoms with van der Waals surface area (Å²) in [5, 5.41) is 14.4. The molecule has 0 radical (unpaired) electrons. The van der Waals surface area contributed by atoms with Gasteiger partial charge in [0.25, 0.3) is 0 Å². The first kappa shape index (κ1) is 26.0. The van der Waals surface area contributed by atoms with Crippen LogP contribution < -0.4 is 9.46 Å². The number of aromatic nitrogens is 1. The van der Waals surface area contributed by atoms with Crippen LogP contribution in [0.15, 0.2) is 57.9 Å². The minimum Gasteiger partial charge on any atom is -0.487 e. The largest absolute Gasteiger partial charge is 0.487 e. The van der Waals surface area contributed by atoms with Crippen LogP contribution in [0.3, 0.4) is 0 Å². The molecule has 194 valence electrons. The lowest BCUT2D eigenvalue weighted by atomic mass is 10.2. The lowest BCUT2D eigenvalue weighted by molar-refractivity contribution is -0.143. The second-order valence-corrected chi connectivity index (χ2v) is 12.0. The van der Waals surface area contributed by atoms with E-state index in [0.29, 0.717) is 17.0 Å². The Labute approximate surface area is 208 Å². The number of fused-ring (bicyclic) bond motifs is 1. The lowest BCUT2D eigenvalue weighted by Gasteiger charge is -2.36. The molecule has 1 aliphatic heterocycles. The topological polar surface area (TPSA) is 159 Å². The van der Waals surface area contributed by atoms with Crippen LogP contribution in [-0.4, -0.2) is 87.3 Å². The van der Waals surface area contributed by atoms with Gasteiger partial charge >= 0.3 is 5.97 Å². The molecule has 1 unspecified atom stereocenters. The SMILES string of the molecule is CS(=O)(=O)N1CCN(C(CNS(=O)(=O)c2ccc(OCc3noc4ccccc34)cc2)C(=O)O)CC1. The number of carboxylic acids is 1. The molecule has 1 fully saturated rings. The number of sulfonamides is 2. The Bertz CT molecular complexity index is 1430. The Morgan fingerprint density at radius 1 is 1.08 bits per heavy atom. The third kappa shape index (κ3) is 6.02. The van der Waals surface area contributed by atoms with E-state index in [0.717, 1.165) is 11.6 Å². The first-order valence-corrected chi connectivity index (χ1v) is 14.4. The minimum atomic E-state index is -3.99. The fourth-order valence-electron chi connectivity index (χ4n) is 3.90. The first-order chi connectivity index (χ1) is 17.0. The van der Waals surface area contributed by atoms with Crippen molar-refractivity contribution in [3.05, 3.63) is 54.2 Å². The van der Waals surface area contributed by atoms with Crippen molar-refractivity contribution in [1.82, 2.24) is 19.1 Å². The highest BCUT2D eigenvalue weighted by atomic mass is 32.2. The average molecular weight is 539 g/mol. The monoisotopic (exact) mass is 538 g/mol. The van der Waals surface area contributed by atoms with Gasteiger partial charge in [-0.05, 0) is 36.4 Å².